The van der Waals surface area contributed by atoms with Gasteiger partial charge in [-0.1, -0.05) is 29.8 Å². The molecule has 0 saturated heterocycles. The number of H-pyrrole nitrogens is 2. The van der Waals surface area contributed by atoms with Crippen LogP contribution < -0.4 is 10.9 Å². The maximum absolute atomic E-state index is 12.3. The molecular formula is C18H19N5O2. The molecule has 1 amide bonds. The van der Waals surface area contributed by atoms with Crippen LogP contribution in [0.15, 0.2) is 35.3 Å². The topological polar surface area (TPSA) is 104 Å². The lowest BCUT2D eigenvalue weighted by Crippen LogP contribution is -2.30. The van der Waals surface area contributed by atoms with Crippen LogP contribution in [0.4, 0.5) is 0 Å². The Morgan fingerprint density at radius 2 is 1.88 bits per heavy atom. The molecule has 0 aliphatic carbocycles. The van der Waals surface area contributed by atoms with Gasteiger partial charge in [0.25, 0.3) is 11.5 Å². The van der Waals surface area contributed by atoms with Gasteiger partial charge in [-0.15, -0.1) is 0 Å². The number of aryl methyl sites for hydroxylation is 3. The predicted molar refractivity (Wildman–Crippen MR) is 94.3 cm³/mol. The molecule has 0 atom stereocenters. The van der Waals surface area contributed by atoms with Gasteiger partial charge in [-0.3, -0.25) is 14.7 Å². The maximum atomic E-state index is 12.3. The van der Waals surface area contributed by atoms with E-state index in [1.54, 1.807) is 0 Å². The van der Waals surface area contributed by atoms with Crippen LogP contribution in [0, 0.1) is 20.8 Å². The highest BCUT2D eigenvalue weighted by atomic mass is 16.2. The summed E-state index contributed by atoms with van der Waals surface area (Å²) in [6.07, 6.45) is 1.30. The average molecular weight is 337 g/mol. The van der Waals surface area contributed by atoms with Gasteiger partial charge in [0, 0.05) is 29.6 Å². The van der Waals surface area contributed by atoms with Crippen LogP contribution in [0.25, 0.3) is 11.4 Å². The summed E-state index contributed by atoms with van der Waals surface area (Å²) in [5.74, 6) is -0.0349. The Kier molecular flexibility index (Phi) is 4.47. The van der Waals surface area contributed by atoms with E-state index < -0.39 is 11.5 Å². The fraction of sp³-hybridized carbons (Fsp3) is 0.222. The van der Waals surface area contributed by atoms with Crippen LogP contribution in [-0.4, -0.2) is 26.1 Å². The molecule has 7 nitrogen and oxygen atoms in total. The fourth-order valence-corrected chi connectivity index (χ4v) is 2.51. The minimum Gasteiger partial charge on any atom is -0.348 e. The average Bonchev–Trinajstić information content (AvgIpc) is 2.91. The molecule has 1 aromatic carbocycles. The van der Waals surface area contributed by atoms with Gasteiger partial charge in [-0.05, 0) is 20.8 Å². The molecule has 0 spiro atoms. The number of nitrogens with zero attached hydrogens (tertiary/aromatic N) is 2. The van der Waals surface area contributed by atoms with E-state index in [1.807, 2.05) is 45.0 Å². The first-order valence-corrected chi connectivity index (χ1v) is 7.90. The Morgan fingerprint density at radius 3 is 2.48 bits per heavy atom. The number of aromatic amines is 2. The van der Waals surface area contributed by atoms with Gasteiger partial charge in [0.15, 0.2) is 0 Å². The first kappa shape index (κ1) is 16.6. The minimum absolute atomic E-state index is 0.0188. The number of nitrogens with one attached hydrogen (secondary N) is 3. The van der Waals surface area contributed by atoms with E-state index in [0.29, 0.717) is 12.4 Å². The molecule has 25 heavy (non-hydrogen) atoms. The molecule has 0 saturated carbocycles. The van der Waals surface area contributed by atoms with Crippen molar-refractivity contribution in [2.24, 2.45) is 0 Å². The van der Waals surface area contributed by atoms with Crippen molar-refractivity contribution < 1.29 is 4.79 Å². The Bertz CT molecular complexity index is 950. The van der Waals surface area contributed by atoms with E-state index in [1.165, 1.54) is 6.20 Å². The Balaban J connectivity index is 1.77. The highest BCUT2D eigenvalue weighted by molar-refractivity contribution is 5.93. The van der Waals surface area contributed by atoms with Crippen molar-refractivity contribution in [3.8, 4) is 11.4 Å². The van der Waals surface area contributed by atoms with Crippen LogP contribution >= 0.6 is 0 Å². The van der Waals surface area contributed by atoms with Crippen LogP contribution in [0.1, 0.15) is 32.9 Å². The van der Waals surface area contributed by atoms with E-state index in [-0.39, 0.29) is 5.56 Å². The molecule has 0 unspecified atom stereocenters. The standard InChI is InChI=1S/C18H19N5O2/c1-10-4-6-13(7-5-10)16-19-9-15(18(25)21-16)17(24)20-8-14-11(2)22-23-12(14)3/h4-7,9H,8H2,1-3H3,(H,20,24)(H,22,23)(H,19,21,25). The Morgan fingerprint density at radius 1 is 1.16 bits per heavy atom. The van der Waals surface area contributed by atoms with Crippen molar-refractivity contribution in [3.63, 3.8) is 0 Å². The normalized spacial score (nSPS) is 10.7. The molecule has 128 valence electrons. The lowest BCUT2D eigenvalue weighted by molar-refractivity contribution is 0.0949. The zero-order valence-corrected chi connectivity index (χ0v) is 14.3. The summed E-state index contributed by atoms with van der Waals surface area (Å²) >= 11 is 0. The number of carbonyl (C=O) groups is 1. The van der Waals surface area contributed by atoms with E-state index in [2.05, 4.69) is 25.5 Å². The quantitative estimate of drug-likeness (QED) is 0.677. The second-order valence-electron chi connectivity index (χ2n) is 5.94. The summed E-state index contributed by atoms with van der Waals surface area (Å²) in [7, 11) is 0. The smallest absolute Gasteiger partial charge is 0.264 e. The highest BCUT2D eigenvalue weighted by Crippen LogP contribution is 2.14. The largest absolute Gasteiger partial charge is 0.348 e. The SMILES string of the molecule is Cc1ccc(-c2ncc(C(=O)NCc3c(C)n[nH]c3C)c(=O)[nH]2)cc1. The number of hydrogen-bond donors (Lipinski definition) is 3. The zero-order chi connectivity index (χ0) is 18.0. The summed E-state index contributed by atoms with van der Waals surface area (Å²) in [5.41, 5.74) is 4.04. The molecule has 3 aromatic rings. The minimum atomic E-state index is -0.469. The summed E-state index contributed by atoms with van der Waals surface area (Å²) in [6, 6.07) is 7.62. The Hall–Kier alpha value is -3.22. The van der Waals surface area contributed by atoms with Crippen LogP contribution in [0.2, 0.25) is 0 Å². The zero-order valence-electron chi connectivity index (χ0n) is 14.3. The van der Waals surface area contributed by atoms with Crippen molar-refractivity contribution >= 4 is 5.91 Å². The molecule has 2 heterocycles. The number of aromatic nitrogens is 4. The van der Waals surface area contributed by atoms with E-state index in [9.17, 15) is 9.59 Å². The van der Waals surface area contributed by atoms with Crippen molar-refractivity contribution in [1.29, 1.82) is 0 Å². The maximum Gasteiger partial charge on any atom is 0.264 e. The lowest BCUT2D eigenvalue weighted by atomic mass is 10.1. The summed E-state index contributed by atoms with van der Waals surface area (Å²) in [6.45, 7) is 6.02. The number of benzene rings is 1. The number of rotatable bonds is 4. The van der Waals surface area contributed by atoms with E-state index >= 15 is 0 Å². The van der Waals surface area contributed by atoms with Gasteiger partial charge in [-0.25, -0.2) is 4.98 Å². The molecule has 2 aromatic heterocycles. The van der Waals surface area contributed by atoms with Crippen molar-refractivity contribution in [2.45, 2.75) is 27.3 Å². The molecule has 0 fully saturated rings. The van der Waals surface area contributed by atoms with Gasteiger partial charge >= 0.3 is 0 Å². The van der Waals surface area contributed by atoms with Gasteiger partial charge in [-0.2, -0.15) is 5.10 Å². The van der Waals surface area contributed by atoms with Gasteiger partial charge in [0.1, 0.15) is 11.4 Å². The van der Waals surface area contributed by atoms with E-state index in [4.69, 9.17) is 0 Å². The van der Waals surface area contributed by atoms with Crippen molar-refractivity contribution in [1.82, 2.24) is 25.5 Å². The highest BCUT2D eigenvalue weighted by Gasteiger charge is 2.14. The molecule has 0 radical (unpaired) electrons. The van der Waals surface area contributed by atoms with Crippen LogP contribution in [0.3, 0.4) is 0 Å². The van der Waals surface area contributed by atoms with E-state index in [0.717, 1.165) is 28.1 Å². The molecule has 0 aliphatic rings. The number of carbonyl (C=O) groups excluding carboxylic acids is 1. The predicted octanol–water partition coefficient (Wildman–Crippen LogP) is 2.02. The van der Waals surface area contributed by atoms with Gasteiger partial charge in [0.2, 0.25) is 0 Å². The van der Waals surface area contributed by atoms with Crippen LogP contribution in [-0.2, 0) is 6.54 Å². The summed E-state index contributed by atoms with van der Waals surface area (Å²) < 4.78 is 0. The third-order valence-corrected chi connectivity index (χ3v) is 4.08. The molecule has 0 aliphatic heterocycles. The first-order chi connectivity index (χ1) is 12.0. The number of hydrogen-bond acceptors (Lipinski definition) is 4. The first-order valence-electron chi connectivity index (χ1n) is 7.90. The summed E-state index contributed by atoms with van der Waals surface area (Å²) in [4.78, 5) is 31.4. The monoisotopic (exact) mass is 337 g/mol. The molecule has 3 N–H and O–H groups in total. The molecule has 7 heteroatoms. The second-order valence-corrected chi connectivity index (χ2v) is 5.94. The Labute approximate surface area is 144 Å². The van der Waals surface area contributed by atoms with Gasteiger partial charge in [0.05, 0.1) is 5.69 Å². The summed E-state index contributed by atoms with van der Waals surface area (Å²) in [5, 5.41) is 9.67. The third kappa shape index (κ3) is 3.50. The van der Waals surface area contributed by atoms with Crippen molar-refractivity contribution in [3.05, 3.63) is 68.9 Å². The number of amides is 1. The molecule has 0 bridgehead atoms. The van der Waals surface area contributed by atoms with Gasteiger partial charge < -0.3 is 10.3 Å². The second kappa shape index (κ2) is 6.72. The lowest BCUT2D eigenvalue weighted by Gasteiger charge is -2.06. The van der Waals surface area contributed by atoms with Crippen molar-refractivity contribution in [2.75, 3.05) is 0 Å². The fourth-order valence-electron chi connectivity index (χ4n) is 2.51. The molecular weight excluding hydrogens is 318 g/mol. The third-order valence-electron chi connectivity index (χ3n) is 4.08. The van der Waals surface area contributed by atoms with Crippen LogP contribution in [0.5, 0.6) is 0 Å². The molecule has 3 rings (SSSR count).